The van der Waals surface area contributed by atoms with E-state index in [1.807, 2.05) is 0 Å². The zero-order valence-corrected chi connectivity index (χ0v) is 11.6. The van der Waals surface area contributed by atoms with Crippen LogP contribution < -0.4 is 11.1 Å². The molecule has 0 spiro atoms. The number of hydrogen-bond donors (Lipinski definition) is 3. The fraction of sp³-hybridized carbons (Fsp3) is 1.00. The molecule has 0 saturated carbocycles. The highest BCUT2D eigenvalue weighted by Gasteiger charge is 2.02. The van der Waals surface area contributed by atoms with Crippen molar-refractivity contribution in [1.82, 2.24) is 5.32 Å². The van der Waals surface area contributed by atoms with Gasteiger partial charge in [0.25, 0.3) is 0 Å². The summed E-state index contributed by atoms with van der Waals surface area (Å²) in [7, 11) is 0. The van der Waals surface area contributed by atoms with Crippen molar-refractivity contribution in [2.24, 2.45) is 5.73 Å². The third-order valence-electron chi connectivity index (χ3n) is 3.09. The zero-order valence-electron chi connectivity index (χ0n) is 11.6. The van der Waals surface area contributed by atoms with Gasteiger partial charge in [0, 0.05) is 19.6 Å². The van der Waals surface area contributed by atoms with Crippen LogP contribution in [-0.4, -0.2) is 30.8 Å². The number of rotatable bonds is 13. The van der Waals surface area contributed by atoms with Crippen molar-refractivity contribution in [3.63, 3.8) is 0 Å². The Balaban J connectivity index is 3.05. The lowest BCUT2D eigenvalue weighted by Crippen LogP contribution is -2.30. The molecular formula is C14H32N2O. The van der Waals surface area contributed by atoms with Gasteiger partial charge in [-0.3, -0.25) is 0 Å². The third kappa shape index (κ3) is 13.8. The van der Waals surface area contributed by atoms with E-state index < -0.39 is 0 Å². The van der Waals surface area contributed by atoms with Gasteiger partial charge in [0.1, 0.15) is 0 Å². The van der Waals surface area contributed by atoms with Crippen molar-refractivity contribution in [2.45, 2.75) is 70.8 Å². The lowest BCUT2D eigenvalue weighted by molar-refractivity contribution is 0.158. The van der Waals surface area contributed by atoms with Crippen molar-refractivity contribution in [3.8, 4) is 0 Å². The van der Waals surface area contributed by atoms with E-state index >= 15 is 0 Å². The van der Waals surface area contributed by atoms with E-state index in [1.165, 1.54) is 44.9 Å². The minimum Gasteiger partial charge on any atom is -0.392 e. The highest BCUT2D eigenvalue weighted by Crippen LogP contribution is 2.10. The molecule has 0 bridgehead atoms. The first-order valence-electron chi connectivity index (χ1n) is 7.40. The lowest BCUT2D eigenvalue weighted by atomic mass is 10.1. The van der Waals surface area contributed by atoms with E-state index in [0.717, 1.165) is 19.4 Å². The van der Waals surface area contributed by atoms with Crippen LogP contribution in [0.1, 0.15) is 64.7 Å². The molecule has 0 aromatic rings. The number of nitrogens with two attached hydrogens (primary N) is 1. The van der Waals surface area contributed by atoms with E-state index in [1.54, 1.807) is 0 Å². The van der Waals surface area contributed by atoms with Gasteiger partial charge >= 0.3 is 0 Å². The number of hydrogen-bond acceptors (Lipinski definition) is 3. The number of unbranched alkanes of at least 4 members (excludes halogenated alkanes) is 7. The topological polar surface area (TPSA) is 58.3 Å². The molecule has 0 aliphatic rings. The average Bonchev–Trinajstić information content (AvgIpc) is 2.33. The Kier molecular flexibility index (Phi) is 13.8. The molecule has 3 nitrogen and oxygen atoms in total. The van der Waals surface area contributed by atoms with Crippen LogP contribution in [0.15, 0.2) is 0 Å². The monoisotopic (exact) mass is 244 g/mol. The molecule has 0 heterocycles. The molecule has 0 amide bonds. The molecule has 0 aliphatic carbocycles. The second kappa shape index (κ2) is 13.9. The zero-order chi connectivity index (χ0) is 12.8. The van der Waals surface area contributed by atoms with Crippen LogP contribution in [0.2, 0.25) is 0 Å². The maximum Gasteiger partial charge on any atom is 0.0664 e. The fourth-order valence-electron chi connectivity index (χ4n) is 1.99. The second-order valence-corrected chi connectivity index (χ2v) is 4.91. The molecule has 1 atom stereocenters. The molecule has 3 heteroatoms. The number of aliphatic hydroxyl groups is 1. The summed E-state index contributed by atoms with van der Waals surface area (Å²) in [6.07, 6.45) is 11.3. The van der Waals surface area contributed by atoms with Gasteiger partial charge in [-0.1, -0.05) is 58.3 Å². The third-order valence-corrected chi connectivity index (χ3v) is 3.09. The predicted octanol–water partition coefficient (Wildman–Crippen LogP) is 2.43. The average molecular weight is 244 g/mol. The van der Waals surface area contributed by atoms with Crippen molar-refractivity contribution < 1.29 is 5.11 Å². The van der Waals surface area contributed by atoms with Crippen LogP contribution in [0.25, 0.3) is 0 Å². The summed E-state index contributed by atoms with van der Waals surface area (Å²) in [5.41, 5.74) is 5.36. The Labute approximate surface area is 107 Å². The van der Waals surface area contributed by atoms with E-state index in [9.17, 15) is 5.11 Å². The number of nitrogens with one attached hydrogen (secondary N) is 1. The molecule has 0 rings (SSSR count). The van der Waals surface area contributed by atoms with Crippen LogP contribution in [0.3, 0.4) is 0 Å². The van der Waals surface area contributed by atoms with E-state index in [2.05, 4.69) is 12.2 Å². The Morgan fingerprint density at radius 3 is 2.18 bits per heavy atom. The SMILES string of the molecule is CCCCCCCCCC[C@H](O)CNCCN. The van der Waals surface area contributed by atoms with Crippen molar-refractivity contribution in [2.75, 3.05) is 19.6 Å². The van der Waals surface area contributed by atoms with Gasteiger partial charge in [0.2, 0.25) is 0 Å². The second-order valence-electron chi connectivity index (χ2n) is 4.91. The van der Waals surface area contributed by atoms with E-state index in [4.69, 9.17) is 5.73 Å². The van der Waals surface area contributed by atoms with Gasteiger partial charge in [0.05, 0.1) is 6.10 Å². The van der Waals surface area contributed by atoms with Crippen molar-refractivity contribution in [3.05, 3.63) is 0 Å². The molecule has 0 saturated heterocycles. The van der Waals surface area contributed by atoms with Gasteiger partial charge in [-0.05, 0) is 6.42 Å². The quantitative estimate of drug-likeness (QED) is 0.436. The highest BCUT2D eigenvalue weighted by atomic mass is 16.3. The Morgan fingerprint density at radius 1 is 1.00 bits per heavy atom. The van der Waals surface area contributed by atoms with Crippen LogP contribution in [-0.2, 0) is 0 Å². The first kappa shape index (κ1) is 16.9. The van der Waals surface area contributed by atoms with Gasteiger partial charge < -0.3 is 16.2 Å². The van der Waals surface area contributed by atoms with Gasteiger partial charge in [-0.2, -0.15) is 0 Å². The summed E-state index contributed by atoms with van der Waals surface area (Å²) >= 11 is 0. The van der Waals surface area contributed by atoms with Gasteiger partial charge in [-0.25, -0.2) is 0 Å². The van der Waals surface area contributed by atoms with Crippen molar-refractivity contribution >= 4 is 0 Å². The largest absolute Gasteiger partial charge is 0.392 e. The minimum atomic E-state index is -0.193. The summed E-state index contributed by atoms with van der Waals surface area (Å²) in [6, 6.07) is 0. The summed E-state index contributed by atoms with van der Waals surface area (Å²) < 4.78 is 0. The summed E-state index contributed by atoms with van der Waals surface area (Å²) in [5, 5.41) is 12.8. The molecule has 0 aromatic carbocycles. The number of aliphatic hydroxyl groups excluding tert-OH is 1. The van der Waals surface area contributed by atoms with Crippen molar-refractivity contribution in [1.29, 1.82) is 0 Å². The summed E-state index contributed by atoms with van der Waals surface area (Å²) in [6.45, 7) is 4.38. The van der Waals surface area contributed by atoms with Crippen LogP contribution in [0.4, 0.5) is 0 Å². The fourth-order valence-corrected chi connectivity index (χ4v) is 1.99. The smallest absolute Gasteiger partial charge is 0.0664 e. The lowest BCUT2D eigenvalue weighted by Gasteiger charge is -2.10. The molecule has 104 valence electrons. The van der Waals surface area contributed by atoms with E-state index in [-0.39, 0.29) is 6.10 Å². The maximum atomic E-state index is 9.65. The van der Waals surface area contributed by atoms with Gasteiger partial charge in [-0.15, -0.1) is 0 Å². The highest BCUT2D eigenvalue weighted by molar-refractivity contribution is 4.60. The normalized spacial score (nSPS) is 12.9. The maximum absolute atomic E-state index is 9.65. The van der Waals surface area contributed by atoms with E-state index in [0.29, 0.717) is 13.1 Å². The van der Waals surface area contributed by atoms with Crippen LogP contribution in [0.5, 0.6) is 0 Å². The molecule has 0 fully saturated rings. The Bertz CT molecular complexity index is 142. The molecule has 0 unspecified atom stereocenters. The van der Waals surface area contributed by atoms with Crippen LogP contribution >= 0.6 is 0 Å². The molecule has 0 aliphatic heterocycles. The molecule has 0 aromatic heterocycles. The first-order chi connectivity index (χ1) is 8.31. The summed E-state index contributed by atoms with van der Waals surface area (Å²) in [4.78, 5) is 0. The molecule has 4 N–H and O–H groups in total. The molecule has 17 heavy (non-hydrogen) atoms. The molecular weight excluding hydrogens is 212 g/mol. The Morgan fingerprint density at radius 2 is 1.59 bits per heavy atom. The summed E-state index contributed by atoms with van der Waals surface area (Å²) in [5.74, 6) is 0. The van der Waals surface area contributed by atoms with Gasteiger partial charge in [0.15, 0.2) is 0 Å². The Hall–Kier alpha value is -0.120. The predicted molar refractivity (Wildman–Crippen MR) is 75.2 cm³/mol. The minimum absolute atomic E-state index is 0.193. The van der Waals surface area contributed by atoms with Crippen LogP contribution in [0, 0.1) is 0 Å². The first-order valence-corrected chi connectivity index (χ1v) is 7.40. The standard InChI is InChI=1S/C14H32N2O/c1-2-3-4-5-6-7-8-9-10-14(17)13-16-12-11-15/h14,16-17H,2-13,15H2,1H3/t14-/m0/s1. The molecule has 0 radical (unpaired) electrons.